The van der Waals surface area contributed by atoms with E-state index < -0.39 is 11.9 Å². The minimum absolute atomic E-state index is 0.353. The normalized spacial score (nSPS) is 12.1. The van der Waals surface area contributed by atoms with E-state index in [1.165, 1.54) is 6.92 Å². The van der Waals surface area contributed by atoms with Crippen LogP contribution in [0.1, 0.15) is 28.8 Å². The monoisotopic (exact) mass is 210 g/mol. The summed E-state index contributed by atoms with van der Waals surface area (Å²) in [6.45, 7) is 1.54. The molecule has 4 heteroatoms. The van der Waals surface area contributed by atoms with Gasteiger partial charge in [0.05, 0.1) is 5.92 Å². The minimum atomic E-state index is -0.952. The summed E-state index contributed by atoms with van der Waals surface area (Å²) in [7, 11) is 0. The zero-order valence-electron chi connectivity index (χ0n) is 7.60. The number of rotatable bonds is 3. The lowest BCUT2D eigenvalue weighted by atomic mass is 9.96. The molecule has 1 unspecified atom stereocenters. The lowest BCUT2D eigenvalue weighted by Gasteiger charge is -2.10. The maximum Gasteiger partial charge on any atom is 0.310 e. The first-order valence-corrected chi connectivity index (χ1v) is 4.52. The summed E-state index contributed by atoms with van der Waals surface area (Å²) in [6, 6.07) is 4.97. The molecule has 0 bridgehead atoms. The average molecular weight is 210 g/mol. The van der Waals surface area contributed by atoms with Gasteiger partial charge in [0.2, 0.25) is 0 Å². The van der Waals surface area contributed by atoms with Crippen molar-refractivity contribution in [2.45, 2.75) is 17.7 Å². The molecule has 0 aromatic heterocycles. The summed E-state index contributed by atoms with van der Waals surface area (Å²) in [6.07, 6.45) is 0.636. The van der Waals surface area contributed by atoms with Crippen LogP contribution in [-0.4, -0.2) is 17.4 Å². The molecule has 1 aromatic carbocycles. The van der Waals surface area contributed by atoms with Crippen molar-refractivity contribution in [3.8, 4) is 0 Å². The molecule has 0 saturated heterocycles. The van der Waals surface area contributed by atoms with E-state index in [9.17, 15) is 9.59 Å². The number of carboxylic acids is 1. The molecule has 0 aliphatic heterocycles. The van der Waals surface area contributed by atoms with Crippen LogP contribution in [0.4, 0.5) is 0 Å². The van der Waals surface area contributed by atoms with Crippen molar-refractivity contribution in [3.63, 3.8) is 0 Å². The smallest absolute Gasteiger partial charge is 0.310 e. The lowest BCUT2D eigenvalue weighted by Crippen LogP contribution is -2.10. The van der Waals surface area contributed by atoms with Gasteiger partial charge in [-0.1, -0.05) is 12.1 Å². The van der Waals surface area contributed by atoms with Crippen LogP contribution >= 0.6 is 12.6 Å². The van der Waals surface area contributed by atoms with Gasteiger partial charge in [-0.05, 0) is 18.6 Å². The first kappa shape index (κ1) is 10.8. The Morgan fingerprint density at radius 1 is 1.57 bits per heavy atom. The van der Waals surface area contributed by atoms with Gasteiger partial charge >= 0.3 is 5.97 Å². The van der Waals surface area contributed by atoms with E-state index >= 15 is 0 Å². The Morgan fingerprint density at radius 2 is 2.21 bits per heavy atom. The fourth-order valence-electron chi connectivity index (χ4n) is 1.21. The van der Waals surface area contributed by atoms with Gasteiger partial charge in [0.25, 0.3) is 0 Å². The number of carbonyl (C=O) groups is 2. The number of aldehydes is 1. The number of benzene rings is 1. The highest BCUT2D eigenvalue weighted by Gasteiger charge is 2.17. The molecular formula is C10H10O3S. The van der Waals surface area contributed by atoms with Crippen LogP contribution in [0.15, 0.2) is 23.1 Å². The molecule has 0 spiro atoms. The Hall–Kier alpha value is -1.29. The third-order valence-corrected chi connectivity index (χ3v) is 2.46. The third-order valence-electron chi connectivity index (χ3n) is 2.07. The number of carbonyl (C=O) groups excluding carboxylic acids is 1. The molecule has 1 N–H and O–H groups in total. The van der Waals surface area contributed by atoms with E-state index in [-0.39, 0.29) is 0 Å². The standard InChI is InChI=1S/C10H10O3S/c1-6(10(12)13)7-3-2-4-9(14)8(7)5-11/h2-6,14H,1H3,(H,12,13). The Bertz CT molecular complexity index is 374. The zero-order chi connectivity index (χ0) is 10.7. The van der Waals surface area contributed by atoms with Crippen LogP contribution in [0.3, 0.4) is 0 Å². The van der Waals surface area contributed by atoms with E-state index in [4.69, 9.17) is 5.11 Å². The fourth-order valence-corrected chi connectivity index (χ4v) is 1.48. The largest absolute Gasteiger partial charge is 0.481 e. The van der Waals surface area contributed by atoms with Crippen LogP contribution in [0, 0.1) is 0 Å². The van der Waals surface area contributed by atoms with E-state index in [2.05, 4.69) is 12.6 Å². The van der Waals surface area contributed by atoms with Gasteiger partial charge < -0.3 is 5.11 Å². The molecule has 1 atom stereocenters. The second kappa shape index (κ2) is 4.28. The molecule has 3 nitrogen and oxygen atoms in total. The molecular weight excluding hydrogens is 200 g/mol. The number of aliphatic carboxylic acids is 1. The van der Waals surface area contributed by atoms with Crippen LogP contribution in [0.2, 0.25) is 0 Å². The van der Waals surface area contributed by atoms with Crippen molar-refractivity contribution in [3.05, 3.63) is 29.3 Å². The molecule has 1 rings (SSSR count). The van der Waals surface area contributed by atoms with Crippen molar-refractivity contribution in [2.75, 3.05) is 0 Å². The molecule has 0 radical (unpaired) electrons. The minimum Gasteiger partial charge on any atom is -0.481 e. The van der Waals surface area contributed by atoms with E-state index in [0.29, 0.717) is 22.3 Å². The van der Waals surface area contributed by atoms with Crippen molar-refractivity contribution in [1.29, 1.82) is 0 Å². The van der Waals surface area contributed by atoms with Crippen molar-refractivity contribution in [1.82, 2.24) is 0 Å². The van der Waals surface area contributed by atoms with Crippen molar-refractivity contribution >= 4 is 24.9 Å². The van der Waals surface area contributed by atoms with E-state index in [1.807, 2.05) is 0 Å². The Labute approximate surface area is 87.2 Å². The Kier molecular flexibility index (Phi) is 3.30. The summed E-state index contributed by atoms with van der Waals surface area (Å²) < 4.78 is 0. The highest BCUT2D eigenvalue weighted by atomic mass is 32.1. The molecule has 0 fully saturated rings. The van der Waals surface area contributed by atoms with Gasteiger partial charge in [-0.2, -0.15) is 0 Å². The van der Waals surface area contributed by atoms with Gasteiger partial charge in [-0.15, -0.1) is 12.6 Å². The highest BCUT2D eigenvalue weighted by molar-refractivity contribution is 7.80. The number of hydrogen-bond acceptors (Lipinski definition) is 3. The summed E-state index contributed by atoms with van der Waals surface area (Å²) in [5.41, 5.74) is 0.853. The molecule has 1 aromatic rings. The van der Waals surface area contributed by atoms with Crippen LogP contribution in [0.5, 0.6) is 0 Å². The summed E-state index contributed by atoms with van der Waals surface area (Å²) >= 11 is 4.09. The van der Waals surface area contributed by atoms with Gasteiger partial charge in [0.1, 0.15) is 0 Å². The van der Waals surface area contributed by atoms with Gasteiger partial charge in [0, 0.05) is 10.5 Å². The first-order valence-electron chi connectivity index (χ1n) is 4.07. The summed E-state index contributed by atoms with van der Waals surface area (Å²) in [4.78, 5) is 22.0. The molecule has 0 heterocycles. The number of carboxylic acid groups (broad SMARTS) is 1. The van der Waals surface area contributed by atoms with Crippen LogP contribution in [-0.2, 0) is 4.79 Å². The van der Waals surface area contributed by atoms with Crippen molar-refractivity contribution < 1.29 is 14.7 Å². The molecule has 14 heavy (non-hydrogen) atoms. The van der Waals surface area contributed by atoms with E-state index in [1.54, 1.807) is 18.2 Å². The average Bonchev–Trinajstić information content (AvgIpc) is 2.16. The Morgan fingerprint density at radius 3 is 2.71 bits per heavy atom. The second-order valence-electron chi connectivity index (χ2n) is 2.96. The number of thiol groups is 1. The summed E-state index contributed by atoms with van der Waals surface area (Å²) in [5, 5.41) is 8.81. The van der Waals surface area contributed by atoms with Crippen LogP contribution < -0.4 is 0 Å². The summed E-state index contributed by atoms with van der Waals surface area (Å²) in [5.74, 6) is -1.64. The number of hydrogen-bond donors (Lipinski definition) is 2. The highest BCUT2D eigenvalue weighted by Crippen LogP contribution is 2.23. The zero-order valence-corrected chi connectivity index (χ0v) is 8.49. The molecule has 0 saturated carbocycles. The second-order valence-corrected chi connectivity index (χ2v) is 3.44. The maximum absolute atomic E-state index is 10.7. The van der Waals surface area contributed by atoms with Gasteiger partial charge in [-0.25, -0.2) is 0 Å². The van der Waals surface area contributed by atoms with E-state index in [0.717, 1.165) is 0 Å². The third kappa shape index (κ3) is 1.96. The van der Waals surface area contributed by atoms with Gasteiger partial charge in [-0.3, -0.25) is 9.59 Å². The molecule has 74 valence electrons. The quantitative estimate of drug-likeness (QED) is 0.592. The first-order chi connectivity index (χ1) is 6.57. The predicted molar refractivity (Wildman–Crippen MR) is 55.1 cm³/mol. The lowest BCUT2D eigenvalue weighted by molar-refractivity contribution is -0.138. The van der Waals surface area contributed by atoms with Crippen molar-refractivity contribution in [2.24, 2.45) is 0 Å². The molecule has 0 amide bonds. The SMILES string of the molecule is CC(C(=O)O)c1cccc(S)c1C=O. The predicted octanol–water partition coefficient (Wildman–Crippen LogP) is 1.98. The Balaban J connectivity index is 3.26. The molecule has 0 aliphatic rings. The fraction of sp³-hybridized carbons (Fsp3) is 0.200. The maximum atomic E-state index is 10.7. The van der Waals surface area contributed by atoms with Crippen LogP contribution in [0.25, 0.3) is 0 Å². The topological polar surface area (TPSA) is 54.4 Å². The molecule has 0 aliphatic carbocycles. The van der Waals surface area contributed by atoms with Gasteiger partial charge in [0.15, 0.2) is 6.29 Å².